The molecule has 1 unspecified atom stereocenters. The number of anilines is 1. The Kier molecular flexibility index (Phi) is 3.59. The van der Waals surface area contributed by atoms with E-state index in [-0.39, 0.29) is 5.92 Å². The zero-order chi connectivity index (χ0) is 16.1. The van der Waals surface area contributed by atoms with Crippen LogP contribution < -0.4 is 4.90 Å². The van der Waals surface area contributed by atoms with Crippen LogP contribution in [0, 0.1) is 0 Å². The number of thiophene rings is 1. The molecular weight excluding hydrogens is 351 g/mol. The van der Waals surface area contributed by atoms with Crippen molar-refractivity contribution in [3.63, 3.8) is 0 Å². The number of halogens is 2. The molecular formula is C16H14Cl2N4S. The Morgan fingerprint density at radius 3 is 2.70 bits per heavy atom. The maximum atomic E-state index is 6.21. The van der Waals surface area contributed by atoms with Crippen molar-refractivity contribution in [2.45, 2.75) is 12.8 Å². The average Bonchev–Trinajstić information content (AvgIpc) is 3.10. The second-order valence-corrected chi connectivity index (χ2v) is 7.89. The van der Waals surface area contributed by atoms with Crippen LogP contribution >= 0.6 is 34.5 Å². The van der Waals surface area contributed by atoms with Gasteiger partial charge in [-0.2, -0.15) is 0 Å². The third kappa shape index (κ3) is 2.43. The maximum absolute atomic E-state index is 6.21. The molecule has 0 spiro atoms. The lowest BCUT2D eigenvalue weighted by Gasteiger charge is -2.21. The molecule has 0 saturated heterocycles. The van der Waals surface area contributed by atoms with Crippen molar-refractivity contribution < 1.29 is 0 Å². The third-order valence-corrected chi connectivity index (χ3v) is 5.52. The minimum absolute atomic E-state index is 0.253. The highest BCUT2D eigenvalue weighted by Crippen LogP contribution is 2.39. The van der Waals surface area contributed by atoms with E-state index in [1.807, 2.05) is 30.3 Å². The minimum Gasteiger partial charge on any atom is -0.372 e. The zero-order valence-electron chi connectivity index (χ0n) is 12.6. The van der Waals surface area contributed by atoms with Crippen LogP contribution in [0.3, 0.4) is 0 Å². The summed E-state index contributed by atoms with van der Waals surface area (Å²) in [7, 11) is 2.08. The molecule has 0 fully saturated rings. The second kappa shape index (κ2) is 5.51. The van der Waals surface area contributed by atoms with E-state index >= 15 is 0 Å². The maximum Gasteiger partial charge on any atom is 0.178 e. The van der Waals surface area contributed by atoms with Gasteiger partial charge in [0.2, 0.25) is 0 Å². The van der Waals surface area contributed by atoms with Crippen LogP contribution in [0.1, 0.15) is 18.7 Å². The van der Waals surface area contributed by atoms with Gasteiger partial charge in [0.25, 0.3) is 0 Å². The standard InChI is InChI=1S/C16H14Cl2N4S/c1-9-8-21(2)12-7-10(17)3-4-11(12)22-15(9)19-20-16(22)13-5-6-14(18)23-13/h3-7,9H,8H2,1-2H3. The molecule has 0 bridgehead atoms. The van der Waals surface area contributed by atoms with Gasteiger partial charge >= 0.3 is 0 Å². The van der Waals surface area contributed by atoms with Gasteiger partial charge in [-0.25, -0.2) is 0 Å². The van der Waals surface area contributed by atoms with Gasteiger partial charge in [0.05, 0.1) is 20.6 Å². The van der Waals surface area contributed by atoms with Crippen molar-refractivity contribution in [2.24, 2.45) is 0 Å². The molecule has 4 nitrogen and oxygen atoms in total. The summed E-state index contributed by atoms with van der Waals surface area (Å²) in [4.78, 5) is 3.22. The Bertz CT molecular complexity index is 886. The van der Waals surface area contributed by atoms with Gasteiger partial charge in [-0.15, -0.1) is 21.5 Å². The van der Waals surface area contributed by atoms with Crippen molar-refractivity contribution in [1.29, 1.82) is 0 Å². The van der Waals surface area contributed by atoms with Gasteiger partial charge in [-0.3, -0.25) is 4.57 Å². The predicted octanol–water partition coefficient (Wildman–Crippen LogP) is 4.86. The quantitative estimate of drug-likeness (QED) is 0.618. The van der Waals surface area contributed by atoms with Crippen LogP contribution in [-0.2, 0) is 0 Å². The van der Waals surface area contributed by atoms with E-state index in [0.717, 1.165) is 43.8 Å². The molecule has 0 N–H and O–H groups in total. The van der Waals surface area contributed by atoms with Crippen LogP contribution in [0.25, 0.3) is 16.4 Å². The van der Waals surface area contributed by atoms with E-state index in [2.05, 4.69) is 33.6 Å². The van der Waals surface area contributed by atoms with Gasteiger partial charge in [0, 0.05) is 24.5 Å². The molecule has 2 aromatic heterocycles. The van der Waals surface area contributed by atoms with Crippen molar-refractivity contribution in [3.05, 3.63) is 45.5 Å². The van der Waals surface area contributed by atoms with Crippen molar-refractivity contribution in [1.82, 2.24) is 14.8 Å². The molecule has 3 heterocycles. The average molecular weight is 365 g/mol. The highest BCUT2D eigenvalue weighted by Gasteiger charge is 2.27. The van der Waals surface area contributed by atoms with E-state index < -0.39 is 0 Å². The number of rotatable bonds is 1. The first-order chi connectivity index (χ1) is 11.0. The van der Waals surface area contributed by atoms with Crippen LogP contribution in [0.4, 0.5) is 5.69 Å². The molecule has 118 valence electrons. The first-order valence-electron chi connectivity index (χ1n) is 7.26. The minimum atomic E-state index is 0.253. The number of nitrogens with zero attached hydrogens (tertiary/aromatic N) is 4. The Labute approximate surface area is 148 Å². The fourth-order valence-corrected chi connectivity index (χ4v) is 4.21. The topological polar surface area (TPSA) is 34.0 Å². The van der Waals surface area contributed by atoms with Gasteiger partial charge in [0.1, 0.15) is 5.82 Å². The van der Waals surface area contributed by atoms with E-state index in [4.69, 9.17) is 23.2 Å². The zero-order valence-corrected chi connectivity index (χ0v) is 15.0. The molecule has 1 aliphatic rings. The number of hydrogen-bond acceptors (Lipinski definition) is 4. The van der Waals surface area contributed by atoms with E-state index in [9.17, 15) is 0 Å². The molecule has 1 aliphatic heterocycles. The Balaban J connectivity index is 2.01. The van der Waals surface area contributed by atoms with Crippen LogP contribution in [0.5, 0.6) is 0 Å². The highest BCUT2D eigenvalue weighted by atomic mass is 35.5. The van der Waals surface area contributed by atoms with Gasteiger partial charge in [-0.1, -0.05) is 30.1 Å². The van der Waals surface area contributed by atoms with Gasteiger partial charge in [0.15, 0.2) is 5.82 Å². The van der Waals surface area contributed by atoms with Crippen molar-refractivity contribution >= 4 is 40.2 Å². The van der Waals surface area contributed by atoms with Gasteiger partial charge in [-0.05, 0) is 30.3 Å². The van der Waals surface area contributed by atoms with Crippen molar-refractivity contribution in [3.8, 4) is 16.4 Å². The lowest BCUT2D eigenvalue weighted by Crippen LogP contribution is -2.21. The van der Waals surface area contributed by atoms with E-state index in [1.54, 1.807) is 0 Å². The summed E-state index contributed by atoms with van der Waals surface area (Å²) in [6.07, 6.45) is 0. The molecule has 0 amide bonds. The van der Waals surface area contributed by atoms with Gasteiger partial charge < -0.3 is 4.90 Å². The summed E-state index contributed by atoms with van der Waals surface area (Å²) in [5.41, 5.74) is 2.12. The van der Waals surface area contributed by atoms with Crippen LogP contribution in [-0.4, -0.2) is 28.4 Å². The molecule has 7 heteroatoms. The number of aromatic nitrogens is 3. The first kappa shape index (κ1) is 15.0. The Morgan fingerprint density at radius 1 is 1.13 bits per heavy atom. The summed E-state index contributed by atoms with van der Waals surface area (Å²) in [5.74, 6) is 2.03. The molecule has 0 aliphatic carbocycles. The first-order valence-corrected chi connectivity index (χ1v) is 8.84. The third-order valence-electron chi connectivity index (χ3n) is 4.06. The summed E-state index contributed by atoms with van der Waals surface area (Å²) < 4.78 is 2.87. The molecule has 1 aromatic carbocycles. The number of likely N-dealkylation sites (N-methyl/N-ethyl adjacent to an activating group) is 1. The normalized spacial score (nSPS) is 16.9. The van der Waals surface area contributed by atoms with Crippen LogP contribution in [0.15, 0.2) is 30.3 Å². The predicted molar refractivity (Wildman–Crippen MR) is 96.4 cm³/mol. The number of benzene rings is 1. The number of hydrogen-bond donors (Lipinski definition) is 0. The van der Waals surface area contributed by atoms with Crippen LogP contribution in [0.2, 0.25) is 9.36 Å². The summed E-state index contributed by atoms with van der Waals surface area (Å²) in [6.45, 7) is 3.02. The lowest BCUT2D eigenvalue weighted by molar-refractivity contribution is 0.686. The molecule has 1 atom stereocenters. The molecule has 0 radical (unpaired) electrons. The monoisotopic (exact) mass is 364 g/mol. The summed E-state index contributed by atoms with van der Waals surface area (Å²) in [6, 6.07) is 9.79. The highest BCUT2D eigenvalue weighted by molar-refractivity contribution is 7.19. The SMILES string of the molecule is CC1CN(C)c2cc(Cl)ccc2-n2c(-c3ccc(Cl)s3)nnc21. The lowest BCUT2D eigenvalue weighted by atomic mass is 10.1. The van der Waals surface area contributed by atoms with E-state index in [0.29, 0.717) is 0 Å². The Morgan fingerprint density at radius 2 is 1.96 bits per heavy atom. The molecule has 0 saturated carbocycles. The van der Waals surface area contributed by atoms with Crippen molar-refractivity contribution in [2.75, 3.05) is 18.5 Å². The fraction of sp³-hybridized carbons (Fsp3) is 0.250. The summed E-state index contributed by atoms with van der Waals surface area (Å²) in [5, 5.41) is 9.61. The molecule has 3 aromatic rings. The smallest absolute Gasteiger partial charge is 0.178 e. The number of fused-ring (bicyclic) bond motifs is 3. The molecule has 4 rings (SSSR count). The summed E-state index contributed by atoms with van der Waals surface area (Å²) >= 11 is 13.8. The Hall–Kier alpha value is -1.56. The van der Waals surface area contributed by atoms with E-state index in [1.165, 1.54) is 11.3 Å². The second-order valence-electron chi connectivity index (χ2n) is 5.74. The fourth-order valence-electron chi connectivity index (χ4n) is 3.03. The molecule has 23 heavy (non-hydrogen) atoms. The largest absolute Gasteiger partial charge is 0.372 e.